The zero-order valence-electron chi connectivity index (χ0n) is 9.91. The lowest BCUT2D eigenvalue weighted by Gasteiger charge is -2.04. The van der Waals surface area contributed by atoms with Crippen LogP contribution in [0.2, 0.25) is 5.02 Å². The van der Waals surface area contributed by atoms with Gasteiger partial charge in [0.2, 0.25) is 4.96 Å². The summed E-state index contributed by atoms with van der Waals surface area (Å²) in [6.45, 7) is 0. The third-order valence-electron chi connectivity index (χ3n) is 2.58. The summed E-state index contributed by atoms with van der Waals surface area (Å²) in [7, 11) is 0. The highest BCUT2D eigenvalue weighted by Gasteiger charge is 2.11. The first-order chi connectivity index (χ1) is 9.65. The molecule has 3 aromatic rings. The molecule has 1 N–H and O–H groups in total. The fourth-order valence-electron chi connectivity index (χ4n) is 1.61. The normalized spacial score (nSPS) is 10.7. The highest BCUT2D eigenvalue weighted by Crippen LogP contribution is 2.11. The maximum atomic E-state index is 12.0. The second-order valence-corrected chi connectivity index (χ2v) is 5.12. The molecule has 2 aromatic heterocycles. The molecule has 0 aliphatic heterocycles. The quantitative estimate of drug-likeness (QED) is 0.786. The van der Waals surface area contributed by atoms with Crippen molar-refractivity contribution in [3.63, 3.8) is 0 Å². The van der Waals surface area contributed by atoms with Crippen LogP contribution in [0.5, 0.6) is 0 Å². The number of aromatic nitrogens is 3. The van der Waals surface area contributed by atoms with Gasteiger partial charge in [-0.15, -0.1) is 0 Å². The highest BCUT2D eigenvalue weighted by molar-refractivity contribution is 7.14. The molecule has 0 aliphatic carbocycles. The number of rotatable bonds is 2. The standard InChI is InChI=1S/C12H7ClN4O2S/c13-8-3-1-7(2-4-8)10(18)16-9-5-14-12-17(11(9)19)15-6-20-12/h1-6H,(H,16,18). The fraction of sp³-hybridized carbons (Fsp3) is 0. The van der Waals surface area contributed by atoms with Gasteiger partial charge in [-0.2, -0.15) is 9.61 Å². The van der Waals surface area contributed by atoms with Crippen LogP contribution in [0.25, 0.3) is 4.96 Å². The van der Waals surface area contributed by atoms with Gasteiger partial charge in [0.25, 0.3) is 11.5 Å². The largest absolute Gasteiger partial charge is 0.316 e. The predicted octanol–water partition coefficient (Wildman–Crippen LogP) is 2.06. The molecule has 0 fully saturated rings. The number of carbonyl (C=O) groups is 1. The zero-order valence-corrected chi connectivity index (χ0v) is 11.5. The van der Waals surface area contributed by atoms with Gasteiger partial charge in [0.15, 0.2) is 0 Å². The molecular formula is C12H7ClN4O2S. The van der Waals surface area contributed by atoms with E-state index < -0.39 is 11.5 Å². The van der Waals surface area contributed by atoms with Gasteiger partial charge in [-0.3, -0.25) is 9.59 Å². The van der Waals surface area contributed by atoms with Crippen molar-refractivity contribution in [2.75, 3.05) is 5.32 Å². The molecule has 1 aromatic carbocycles. The Balaban J connectivity index is 1.93. The minimum absolute atomic E-state index is 0.0772. The van der Waals surface area contributed by atoms with Crippen LogP contribution in [0, 0.1) is 0 Å². The van der Waals surface area contributed by atoms with E-state index in [2.05, 4.69) is 15.4 Å². The average molecular weight is 307 g/mol. The molecule has 2 heterocycles. The molecule has 0 spiro atoms. The monoisotopic (exact) mass is 306 g/mol. The van der Waals surface area contributed by atoms with E-state index in [1.807, 2.05) is 0 Å². The van der Waals surface area contributed by atoms with Crippen LogP contribution >= 0.6 is 22.9 Å². The Morgan fingerprint density at radius 2 is 2.05 bits per heavy atom. The number of anilines is 1. The Hall–Kier alpha value is -2.25. The molecule has 0 aliphatic rings. The second-order valence-electron chi connectivity index (χ2n) is 3.87. The molecule has 20 heavy (non-hydrogen) atoms. The Bertz CT molecular complexity index is 841. The van der Waals surface area contributed by atoms with Crippen molar-refractivity contribution in [1.29, 1.82) is 0 Å². The maximum Gasteiger partial charge on any atom is 0.298 e. The number of hydrogen-bond donors (Lipinski definition) is 1. The van der Waals surface area contributed by atoms with Gasteiger partial charge in [0.1, 0.15) is 11.2 Å². The van der Waals surface area contributed by atoms with Gasteiger partial charge in [-0.25, -0.2) is 4.98 Å². The average Bonchev–Trinajstić information content (AvgIpc) is 2.92. The summed E-state index contributed by atoms with van der Waals surface area (Å²) in [5.41, 5.74) is 1.57. The van der Waals surface area contributed by atoms with Crippen LogP contribution in [0.15, 0.2) is 40.8 Å². The van der Waals surface area contributed by atoms with Gasteiger partial charge in [0, 0.05) is 10.6 Å². The van der Waals surface area contributed by atoms with E-state index in [4.69, 9.17) is 11.6 Å². The van der Waals surface area contributed by atoms with E-state index in [1.54, 1.807) is 24.3 Å². The molecule has 0 bridgehead atoms. The molecule has 0 unspecified atom stereocenters. The Morgan fingerprint density at radius 1 is 1.30 bits per heavy atom. The van der Waals surface area contributed by atoms with E-state index in [0.717, 1.165) is 4.52 Å². The number of fused-ring (bicyclic) bond motifs is 1. The zero-order chi connectivity index (χ0) is 14.1. The first-order valence-corrected chi connectivity index (χ1v) is 6.79. The van der Waals surface area contributed by atoms with Crippen molar-refractivity contribution >= 4 is 39.5 Å². The third kappa shape index (κ3) is 2.28. The van der Waals surface area contributed by atoms with E-state index in [0.29, 0.717) is 15.5 Å². The lowest BCUT2D eigenvalue weighted by Crippen LogP contribution is -2.23. The van der Waals surface area contributed by atoms with Crippen LogP contribution in [0.3, 0.4) is 0 Å². The molecule has 8 heteroatoms. The Kier molecular flexibility index (Phi) is 3.21. The fourth-order valence-corrected chi connectivity index (χ4v) is 2.32. The van der Waals surface area contributed by atoms with Gasteiger partial charge < -0.3 is 5.32 Å². The number of benzene rings is 1. The second kappa shape index (κ2) is 5.03. The number of halogens is 1. The summed E-state index contributed by atoms with van der Waals surface area (Å²) >= 11 is 6.99. The maximum absolute atomic E-state index is 12.0. The number of hydrogen-bond acceptors (Lipinski definition) is 5. The minimum atomic E-state index is -0.418. The first-order valence-electron chi connectivity index (χ1n) is 5.53. The smallest absolute Gasteiger partial charge is 0.298 e. The lowest BCUT2D eigenvalue weighted by atomic mass is 10.2. The van der Waals surface area contributed by atoms with Crippen molar-refractivity contribution in [2.45, 2.75) is 0 Å². The van der Waals surface area contributed by atoms with Crippen LogP contribution in [-0.4, -0.2) is 20.5 Å². The van der Waals surface area contributed by atoms with Gasteiger partial charge in [-0.05, 0) is 24.3 Å². The molecule has 0 saturated carbocycles. The van der Waals surface area contributed by atoms with E-state index >= 15 is 0 Å². The summed E-state index contributed by atoms with van der Waals surface area (Å²) in [6, 6.07) is 6.35. The molecule has 100 valence electrons. The molecule has 0 saturated heterocycles. The summed E-state index contributed by atoms with van der Waals surface area (Å²) < 4.78 is 1.14. The van der Waals surface area contributed by atoms with Crippen molar-refractivity contribution in [1.82, 2.24) is 14.6 Å². The topological polar surface area (TPSA) is 76.4 Å². The first kappa shape index (κ1) is 12.8. The summed E-state index contributed by atoms with van der Waals surface area (Å²) in [4.78, 5) is 28.6. The highest BCUT2D eigenvalue weighted by atomic mass is 35.5. The Morgan fingerprint density at radius 3 is 2.80 bits per heavy atom. The molecule has 3 rings (SSSR count). The van der Waals surface area contributed by atoms with E-state index in [1.165, 1.54) is 23.0 Å². The summed E-state index contributed by atoms with van der Waals surface area (Å²) in [5, 5.41) is 6.91. The van der Waals surface area contributed by atoms with Crippen LogP contribution in [0.1, 0.15) is 10.4 Å². The number of nitrogens with zero attached hydrogens (tertiary/aromatic N) is 3. The van der Waals surface area contributed by atoms with Gasteiger partial charge >= 0.3 is 0 Å². The van der Waals surface area contributed by atoms with E-state index in [-0.39, 0.29) is 5.69 Å². The third-order valence-corrected chi connectivity index (χ3v) is 3.52. The van der Waals surface area contributed by atoms with Crippen LogP contribution in [0.4, 0.5) is 5.69 Å². The van der Waals surface area contributed by atoms with Gasteiger partial charge in [-0.1, -0.05) is 22.9 Å². The number of carbonyl (C=O) groups excluding carboxylic acids is 1. The van der Waals surface area contributed by atoms with Crippen molar-refractivity contribution in [3.8, 4) is 0 Å². The number of nitrogens with one attached hydrogen (secondary N) is 1. The summed E-state index contributed by atoms with van der Waals surface area (Å²) in [5.74, 6) is -0.407. The van der Waals surface area contributed by atoms with Crippen molar-refractivity contribution in [2.24, 2.45) is 0 Å². The number of amides is 1. The van der Waals surface area contributed by atoms with Crippen molar-refractivity contribution < 1.29 is 4.79 Å². The molecule has 0 atom stereocenters. The SMILES string of the molecule is O=C(Nc1cnc2scnn2c1=O)c1ccc(Cl)cc1. The molecule has 1 amide bonds. The summed E-state index contributed by atoms with van der Waals surface area (Å²) in [6.07, 6.45) is 1.32. The van der Waals surface area contributed by atoms with Crippen LogP contribution < -0.4 is 10.9 Å². The lowest BCUT2D eigenvalue weighted by molar-refractivity contribution is 0.102. The molecular weight excluding hydrogens is 300 g/mol. The predicted molar refractivity (Wildman–Crippen MR) is 76.5 cm³/mol. The Labute approximate surface area is 121 Å². The van der Waals surface area contributed by atoms with Crippen LogP contribution in [-0.2, 0) is 0 Å². The van der Waals surface area contributed by atoms with E-state index in [9.17, 15) is 9.59 Å². The molecule has 6 nitrogen and oxygen atoms in total. The molecule has 0 radical (unpaired) electrons. The minimum Gasteiger partial charge on any atom is -0.316 e. The van der Waals surface area contributed by atoms with Crippen molar-refractivity contribution in [3.05, 3.63) is 56.9 Å². The van der Waals surface area contributed by atoms with Gasteiger partial charge in [0.05, 0.1) is 6.20 Å².